The lowest BCUT2D eigenvalue weighted by Crippen LogP contribution is -2.26. The van der Waals surface area contributed by atoms with Crippen LogP contribution < -0.4 is 10.1 Å². The molecule has 0 aliphatic heterocycles. The van der Waals surface area contributed by atoms with Crippen LogP contribution in [0.4, 0.5) is 0 Å². The number of carbonyl (C=O) groups excluding carboxylic acids is 1. The van der Waals surface area contributed by atoms with Crippen molar-refractivity contribution in [3.63, 3.8) is 0 Å². The summed E-state index contributed by atoms with van der Waals surface area (Å²) in [7, 11) is 0. The van der Waals surface area contributed by atoms with Gasteiger partial charge in [0, 0.05) is 11.0 Å². The first kappa shape index (κ1) is 17.5. The van der Waals surface area contributed by atoms with Crippen LogP contribution in [-0.2, 0) is 6.42 Å². The number of amides is 1. The second-order valence-electron chi connectivity index (χ2n) is 5.84. The molecule has 23 heavy (non-hydrogen) atoms. The van der Waals surface area contributed by atoms with Gasteiger partial charge in [0.05, 0.1) is 12.2 Å². The van der Waals surface area contributed by atoms with Gasteiger partial charge < -0.3 is 10.1 Å². The van der Waals surface area contributed by atoms with Gasteiger partial charge in [0.2, 0.25) is 0 Å². The zero-order valence-corrected chi connectivity index (χ0v) is 15.1. The molecule has 4 heteroatoms. The van der Waals surface area contributed by atoms with Gasteiger partial charge in [-0.15, -0.1) is 0 Å². The van der Waals surface area contributed by atoms with Crippen molar-refractivity contribution in [2.45, 2.75) is 20.3 Å². The third-order valence-electron chi connectivity index (χ3n) is 3.30. The van der Waals surface area contributed by atoms with E-state index < -0.39 is 0 Å². The van der Waals surface area contributed by atoms with Crippen molar-refractivity contribution in [3.05, 3.63) is 64.1 Å². The molecule has 0 spiro atoms. The lowest BCUT2D eigenvalue weighted by atomic mass is 10.1. The van der Waals surface area contributed by atoms with E-state index in [1.165, 1.54) is 5.56 Å². The third kappa shape index (κ3) is 5.71. The van der Waals surface area contributed by atoms with Crippen LogP contribution in [0.5, 0.6) is 5.75 Å². The van der Waals surface area contributed by atoms with Crippen molar-refractivity contribution >= 4 is 21.8 Å². The van der Waals surface area contributed by atoms with Gasteiger partial charge >= 0.3 is 0 Å². The van der Waals surface area contributed by atoms with Crippen molar-refractivity contribution in [2.75, 3.05) is 13.2 Å². The molecule has 2 aromatic carbocycles. The molecular weight excluding hydrogens is 354 g/mol. The maximum Gasteiger partial charge on any atom is 0.255 e. The van der Waals surface area contributed by atoms with Crippen molar-refractivity contribution < 1.29 is 9.53 Å². The Morgan fingerprint density at radius 1 is 1.17 bits per heavy atom. The van der Waals surface area contributed by atoms with Crippen LogP contribution in [-0.4, -0.2) is 19.1 Å². The van der Waals surface area contributed by atoms with E-state index in [1.54, 1.807) is 6.07 Å². The van der Waals surface area contributed by atoms with Crippen LogP contribution in [0.15, 0.2) is 53.0 Å². The van der Waals surface area contributed by atoms with Crippen LogP contribution in [0.1, 0.15) is 29.8 Å². The quantitative estimate of drug-likeness (QED) is 0.775. The van der Waals surface area contributed by atoms with Gasteiger partial charge in [0.1, 0.15) is 5.75 Å². The predicted octanol–water partition coefficient (Wildman–Crippen LogP) is 4.46. The summed E-state index contributed by atoms with van der Waals surface area (Å²) in [4.78, 5) is 12.4. The van der Waals surface area contributed by atoms with Crippen LogP contribution in [0.2, 0.25) is 0 Å². The monoisotopic (exact) mass is 375 g/mol. The largest absolute Gasteiger partial charge is 0.492 e. The van der Waals surface area contributed by atoms with Crippen LogP contribution >= 0.6 is 15.9 Å². The molecule has 0 radical (unpaired) electrons. The van der Waals surface area contributed by atoms with E-state index in [4.69, 9.17) is 4.74 Å². The fraction of sp³-hybridized carbons (Fsp3) is 0.316. The molecule has 0 aliphatic rings. The Kier molecular flexibility index (Phi) is 6.66. The van der Waals surface area contributed by atoms with Crippen LogP contribution in [0.25, 0.3) is 0 Å². The maximum atomic E-state index is 12.4. The predicted molar refractivity (Wildman–Crippen MR) is 97.0 cm³/mol. The third-order valence-corrected chi connectivity index (χ3v) is 3.79. The molecule has 0 unspecified atom stereocenters. The summed E-state index contributed by atoms with van der Waals surface area (Å²) in [5.41, 5.74) is 1.77. The average molecular weight is 376 g/mol. The highest BCUT2D eigenvalue weighted by Crippen LogP contribution is 2.23. The SMILES string of the molecule is CC(C)COc1ccc(Br)cc1C(=O)NCCc1ccccc1. The second kappa shape index (κ2) is 8.73. The van der Waals surface area contributed by atoms with Gasteiger partial charge in [-0.1, -0.05) is 60.1 Å². The summed E-state index contributed by atoms with van der Waals surface area (Å²) in [6.45, 7) is 5.35. The molecule has 0 bridgehead atoms. The Bertz CT molecular complexity index is 641. The molecule has 0 saturated carbocycles. The molecule has 0 heterocycles. The van der Waals surface area contributed by atoms with E-state index >= 15 is 0 Å². The standard InChI is InChI=1S/C19H22BrNO2/c1-14(2)13-23-18-9-8-16(20)12-17(18)19(22)21-11-10-15-6-4-3-5-7-15/h3-9,12,14H,10-11,13H2,1-2H3,(H,21,22). The Morgan fingerprint density at radius 3 is 2.61 bits per heavy atom. The summed E-state index contributed by atoms with van der Waals surface area (Å²) >= 11 is 3.41. The lowest BCUT2D eigenvalue weighted by Gasteiger charge is -2.13. The van der Waals surface area contributed by atoms with Gasteiger partial charge in [-0.05, 0) is 36.1 Å². The number of carbonyl (C=O) groups is 1. The van der Waals surface area contributed by atoms with Crippen molar-refractivity contribution in [1.82, 2.24) is 5.32 Å². The molecule has 0 aliphatic carbocycles. The fourth-order valence-corrected chi connectivity index (χ4v) is 2.48. The van der Waals surface area contributed by atoms with Gasteiger partial charge in [-0.3, -0.25) is 4.79 Å². The zero-order valence-electron chi connectivity index (χ0n) is 13.5. The molecular formula is C19H22BrNO2. The molecule has 1 N–H and O–H groups in total. The number of rotatable bonds is 7. The summed E-state index contributed by atoms with van der Waals surface area (Å²) in [5, 5.41) is 2.96. The second-order valence-corrected chi connectivity index (χ2v) is 6.75. The molecule has 2 rings (SSSR count). The summed E-state index contributed by atoms with van der Waals surface area (Å²) in [5.74, 6) is 0.924. The van der Waals surface area contributed by atoms with E-state index in [-0.39, 0.29) is 5.91 Å². The highest BCUT2D eigenvalue weighted by atomic mass is 79.9. The van der Waals surface area contributed by atoms with E-state index in [0.717, 1.165) is 10.9 Å². The van der Waals surface area contributed by atoms with Crippen molar-refractivity contribution in [3.8, 4) is 5.75 Å². The smallest absolute Gasteiger partial charge is 0.255 e. The Balaban J connectivity index is 1.98. The lowest BCUT2D eigenvalue weighted by molar-refractivity contribution is 0.0949. The normalized spacial score (nSPS) is 10.6. The Labute approximate surface area is 146 Å². The highest BCUT2D eigenvalue weighted by molar-refractivity contribution is 9.10. The van der Waals surface area contributed by atoms with Crippen molar-refractivity contribution in [1.29, 1.82) is 0 Å². The van der Waals surface area contributed by atoms with Gasteiger partial charge in [0.15, 0.2) is 0 Å². The van der Waals surface area contributed by atoms with E-state index in [9.17, 15) is 4.79 Å². The minimum atomic E-state index is -0.110. The number of hydrogen-bond acceptors (Lipinski definition) is 2. The van der Waals surface area contributed by atoms with E-state index in [0.29, 0.717) is 30.4 Å². The van der Waals surface area contributed by atoms with Gasteiger partial charge in [-0.2, -0.15) is 0 Å². The molecule has 0 saturated heterocycles. The first-order chi connectivity index (χ1) is 11.1. The zero-order chi connectivity index (χ0) is 16.7. The molecule has 3 nitrogen and oxygen atoms in total. The van der Waals surface area contributed by atoms with E-state index in [1.807, 2.05) is 30.3 Å². The number of ether oxygens (including phenoxy) is 1. The van der Waals surface area contributed by atoms with Crippen LogP contribution in [0.3, 0.4) is 0 Å². The molecule has 0 fully saturated rings. The maximum absolute atomic E-state index is 12.4. The molecule has 0 aromatic heterocycles. The first-order valence-electron chi connectivity index (χ1n) is 7.80. The minimum absolute atomic E-state index is 0.110. The van der Waals surface area contributed by atoms with Crippen LogP contribution in [0, 0.1) is 5.92 Å². The first-order valence-corrected chi connectivity index (χ1v) is 8.60. The number of benzene rings is 2. The summed E-state index contributed by atoms with van der Waals surface area (Å²) in [6.07, 6.45) is 0.808. The van der Waals surface area contributed by atoms with Crippen molar-refractivity contribution in [2.24, 2.45) is 5.92 Å². The average Bonchev–Trinajstić information content (AvgIpc) is 2.54. The van der Waals surface area contributed by atoms with Gasteiger partial charge in [-0.25, -0.2) is 0 Å². The minimum Gasteiger partial charge on any atom is -0.492 e. The number of hydrogen-bond donors (Lipinski definition) is 1. The Hall–Kier alpha value is -1.81. The summed E-state index contributed by atoms with van der Waals surface area (Å²) in [6, 6.07) is 15.6. The number of halogens is 1. The van der Waals surface area contributed by atoms with E-state index in [2.05, 4.69) is 47.2 Å². The number of nitrogens with one attached hydrogen (secondary N) is 1. The fourth-order valence-electron chi connectivity index (χ4n) is 2.12. The molecule has 0 atom stereocenters. The molecule has 1 amide bonds. The molecule has 122 valence electrons. The highest BCUT2D eigenvalue weighted by Gasteiger charge is 2.13. The topological polar surface area (TPSA) is 38.3 Å². The Morgan fingerprint density at radius 2 is 1.91 bits per heavy atom. The molecule has 2 aromatic rings. The van der Waals surface area contributed by atoms with Gasteiger partial charge in [0.25, 0.3) is 5.91 Å². The summed E-state index contributed by atoms with van der Waals surface area (Å²) < 4.78 is 6.62.